The zero-order valence-electron chi connectivity index (χ0n) is 9.72. The maximum atomic E-state index is 11.9. The quantitative estimate of drug-likeness (QED) is 0.815. The largest absolute Gasteiger partial charge is 0.324 e. The van der Waals surface area contributed by atoms with Crippen molar-refractivity contribution in [3.8, 4) is 0 Å². The van der Waals surface area contributed by atoms with Gasteiger partial charge < -0.3 is 5.32 Å². The monoisotopic (exact) mass is 266 g/mol. The summed E-state index contributed by atoms with van der Waals surface area (Å²) in [6.07, 6.45) is 0.578. The van der Waals surface area contributed by atoms with E-state index in [2.05, 4.69) is 10.6 Å². The number of nitrogens with one attached hydrogen (secondary N) is 2. The average Bonchev–Trinajstić information content (AvgIpc) is 2.81. The lowest BCUT2D eigenvalue weighted by atomic mass is 10.1. The van der Waals surface area contributed by atoms with E-state index in [1.54, 1.807) is 0 Å². The minimum atomic E-state index is -2.93. The summed E-state index contributed by atoms with van der Waals surface area (Å²) in [4.78, 5) is 11.9. The molecule has 1 amide bonds. The van der Waals surface area contributed by atoms with Gasteiger partial charge in [-0.2, -0.15) is 0 Å². The molecule has 5 nitrogen and oxygen atoms in total. The lowest BCUT2D eigenvalue weighted by Crippen LogP contribution is -2.37. The fourth-order valence-corrected chi connectivity index (χ4v) is 4.22. The second kappa shape index (κ2) is 4.07. The van der Waals surface area contributed by atoms with Crippen molar-refractivity contribution in [1.29, 1.82) is 0 Å². The molecule has 0 aromatic heterocycles. The van der Waals surface area contributed by atoms with E-state index in [0.29, 0.717) is 6.42 Å². The number of benzene rings is 1. The van der Waals surface area contributed by atoms with Crippen LogP contribution in [0.3, 0.4) is 0 Å². The Balaban J connectivity index is 1.80. The molecule has 0 radical (unpaired) electrons. The molecule has 1 fully saturated rings. The number of fused-ring (bicyclic) bond motifs is 1. The van der Waals surface area contributed by atoms with E-state index < -0.39 is 15.9 Å². The smallest absolute Gasteiger partial charge is 0.246 e. The first-order chi connectivity index (χ1) is 8.55. The first-order valence-corrected chi connectivity index (χ1v) is 7.73. The van der Waals surface area contributed by atoms with Crippen LogP contribution >= 0.6 is 0 Å². The van der Waals surface area contributed by atoms with Crippen LogP contribution in [0.4, 0.5) is 5.69 Å². The SMILES string of the molecule is O=C1Nc2ccccc2C1NC1CCS(=O)(=O)C1. The van der Waals surface area contributed by atoms with Gasteiger partial charge in [-0.25, -0.2) is 8.42 Å². The Morgan fingerprint density at radius 2 is 2.06 bits per heavy atom. The molecule has 2 heterocycles. The molecular weight excluding hydrogens is 252 g/mol. The van der Waals surface area contributed by atoms with Crippen molar-refractivity contribution in [2.24, 2.45) is 0 Å². The summed E-state index contributed by atoms with van der Waals surface area (Å²) in [5, 5.41) is 5.94. The van der Waals surface area contributed by atoms with Crippen molar-refractivity contribution >= 4 is 21.4 Å². The van der Waals surface area contributed by atoms with Gasteiger partial charge in [-0.15, -0.1) is 0 Å². The molecule has 2 unspecified atom stereocenters. The molecule has 0 spiro atoms. The van der Waals surface area contributed by atoms with E-state index in [9.17, 15) is 13.2 Å². The molecule has 0 bridgehead atoms. The van der Waals surface area contributed by atoms with E-state index in [1.807, 2.05) is 24.3 Å². The van der Waals surface area contributed by atoms with Crippen LogP contribution in [0.5, 0.6) is 0 Å². The van der Waals surface area contributed by atoms with Crippen LogP contribution in [0.15, 0.2) is 24.3 Å². The van der Waals surface area contributed by atoms with E-state index >= 15 is 0 Å². The number of carbonyl (C=O) groups is 1. The molecule has 2 atom stereocenters. The summed E-state index contributed by atoms with van der Waals surface area (Å²) in [7, 11) is -2.93. The average molecular weight is 266 g/mol. The van der Waals surface area contributed by atoms with Crippen molar-refractivity contribution in [1.82, 2.24) is 5.32 Å². The molecule has 1 aromatic rings. The summed E-state index contributed by atoms with van der Waals surface area (Å²) in [5.74, 6) is 0.222. The number of hydrogen-bond acceptors (Lipinski definition) is 4. The van der Waals surface area contributed by atoms with Crippen molar-refractivity contribution in [3.05, 3.63) is 29.8 Å². The van der Waals surface area contributed by atoms with E-state index in [-0.39, 0.29) is 23.5 Å². The fourth-order valence-electron chi connectivity index (χ4n) is 2.54. The Labute approximate surface area is 105 Å². The summed E-state index contributed by atoms with van der Waals surface area (Å²) >= 11 is 0. The van der Waals surface area contributed by atoms with Gasteiger partial charge in [0.25, 0.3) is 0 Å². The highest BCUT2D eigenvalue weighted by atomic mass is 32.2. The van der Waals surface area contributed by atoms with Crippen LogP contribution in [0.25, 0.3) is 0 Å². The molecule has 1 aromatic carbocycles. The number of carbonyl (C=O) groups excluding carboxylic acids is 1. The number of hydrogen-bond donors (Lipinski definition) is 2. The number of para-hydroxylation sites is 1. The third kappa shape index (κ3) is 2.02. The van der Waals surface area contributed by atoms with E-state index in [0.717, 1.165) is 11.3 Å². The van der Waals surface area contributed by atoms with Crippen molar-refractivity contribution < 1.29 is 13.2 Å². The molecule has 6 heteroatoms. The molecule has 3 rings (SSSR count). The van der Waals surface area contributed by atoms with Gasteiger partial charge in [-0.1, -0.05) is 18.2 Å². The summed E-state index contributed by atoms with van der Waals surface area (Å²) in [6.45, 7) is 0. The molecule has 0 aliphatic carbocycles. The van der Waals surface area contributed by atoms with Gasteiger partial charge >= 0.3 is 0 Å². The van der Waals surface area contributed by atoms with Crippen LogP contribution in [0.2, 0.25) is 0 Å². The Kier molecular flexibility index (Phi) is 2.64. The highest BCUT2D eigenvalue weighted by molar-refractivity contribution is 7.91. The van der Waals surface area contributed by atoms with Crippen LogP contribution in [-0.2, 0) is 14.6 Å². The minimum absolute atomic E-state index is 0.111. The number of sulfone groups is 1. The zero-order chi connectivity index (χ0) is 12.8. The van der Waals surface area contributed by atoms with Crippen LogP contribution in [0.1, 0.15) is 18.0 Å². The van der Waals surface area contributed by atoms with E-state index in [1.165, 1.54) is 0 Å². The molecule has 96 valence electrons. The standard InChI is InChI=1S/C12H14N2O3S/c15-12-11(9-3-1-2-4-10(9)14-12)13-8-5-6-18(16,17)7-8/h1-4,8,11,13H,5-7H2,(H,14,15). The van der Waals surface area contributed by atoms with Gasteiger partial charge in [0.1, 0.15) is 6.04 Å². The van der Waals surface area contributed by atoms with Crippen molar-refractivity contribution in [3.63, 3.8) is 0 Å². The van der Waals surface area contributed by atoms with Gasteiger partial charge in [0, 0.05) is 17.3 Å². The van der Waals surface area contributed by atoms with Crippen molar-refractivity contribution in [2.75, 3.05) is 16.8 Å². The van der Waals surface area contributed by atoms with E-state index in [4.69, 9.17) is 0 Å². The van der Waals surface area contributed by atoms with Crippen molar-refractivity contribution in [2.45, 2.75) is 18.5 Å². The number of amides is 1. The lowest BCUT2D eigenvalue weighted by Gasteiger charge is -2.16. The molecule has 1 saturated heterocycles. The third-order valence-corrected chi connectivity index (χ3v) is 5.19. The highest BCUT2D eigenvalue weighted by Crippen LogP contribution is 2.31. The van der Waals surface area contributed by atoms with Gasteiger partial charge in [0.2, 0.25) is 5.91 Å². The van der Waals surface area contributed by atoms with Gasteiger partial charge in [0.15, 0.2) is 9.84 Å². The molecular formula is C12H14N2O3S. The second-order valence-electron chi connectivity index (χ2n) is 4.78. The zero-order valence-corrected chi connectivity index (χ0v) is 10.5. The first kappa shape index (κ1) is 11.7. The summed E-state index contributed by atoms with van der Waals surface area (Å²) in [5.41, 5.74) is 1.70. The predicted octanol–water partition coefficient (Wildman–Crippen LogP) is 0.456. The summed E-state index contributed by atoms with van der Waals surface area (Å²) < 4.78 is 22.8. The van der Waals surface area contributed by atoms with Gasteiger partial charge in [0.05, 0.1) is 11.5 Å². The fraction of sp³-hybridized carbons (Fsp3) is 0.417. The first-order valence-electron chi connectivity index (χ1n) is 5.91. The molecule has 2 aliphatic rings. The summed E-state index contributed by atoms with van der Waals surface area (Å²) in [6, 6.07) is 6.91. The van der Waals surface area contributed by atoms with Gasteiger partial charge in [-0.3, -0.25) is 10.1 Å². The normalized spacial score (nSPS) is 29.0. The Hall–Kier alpha value is -1.40. The number of rotatable bonds is 2. The Bertz CT molecular complexity index is 597. The topological polar surface area (TPSA) is 75.3 Å². The predicted molar refractivity (Wildman–Crippen MR) is 68.0 cm³/mol. The maximum absolute atomic E-state index is 11.9. The molecule has 18 heavy (non-hydrogen) atoms. The maximum Gasteiger partial charge on any atom is 0.246 e. The molecule has 2 N–H and O–H groups in total. The highest BCUT2D eigenvalue weighted by Gasteiger charge is 2.35. The second-order valence-corrected chi connectivity index (χ2v) is 7.00. The van der Waals surface area contributed by atoms with Gasteiger partial charge in [-0.05, 0) is 12.5 Å². The number of anilines is 1. The Morgan fingerprint density at radius 3 is 2.78 bits per heavy atom. The van der Waals surface area contributed by atoms with Crippen LogP contribution in [0, 0.1) is 0 Å². The molecule has 2 aliphatic heterocycles. The lowest BCUT2D eigenvalue weighted by molar-refractivity contribution is -0.117. The third-order valence-electron chi connectivity index (χ3n) is 3.43. The minimum Gasteiger partial charge on any atom is -0.324 e. The van der Waals surface area contributed by atoms with Crippen LogP contribution in [-0.4, -0.2) is 31.9 Å². The van der Waals surface area contributed by atoms with Crippen LogP contribution < -0.4 is 10.6 Å². The Morgan fingerprint density at radius 1 is 1.28 bits per heavy atom. The molecule has 0 saturated carbocycles.